The van der Waals surface area contributed by atoms with Gasteiger partial charge >= 0.3 is 6.01 Å². The Hall–Kier alpha value is -5.39. The number of hydrogen-bond acceptors (Lipinski definition) is 10. The topological polar surface area (TPSA) is 124 Å². The zero-order chi connectivity index (χ0) is 37.6. The van der Waals surface area contributed by atoms with Crippen LogP contribution in [0.5, 0.6) is 6.01 Å². The highest BCUT2D eigenvalue weighted by Crippen LogP contribution is 2.42. The van der Waals surface area contributed by atoms with Gasteiger partial charge in [0.2, 0.25) is 5.91 Å². The molecule has 0 N–H and O–H groups in total. The molecule has 3 aliphatic rings. The molecule has 1 amide bonds. The number of piperazine rings is 1. The largest absolute Gasteiger partial charge is 0.461 e. The van der Waals surface area contributed by atoms with Gasteiger partial charge in [-0.15, -0.1) is 0 Å². The van der Waals surface area contributed by atoms with Crippen molar-refractivity contribution in [3.63, 3.8) is 0 Å². The first kappa shape index (κ1) is 35.6. The number of halogens is 4. The molecule has 2 aromatic carbocycles. The highest BCUT2D eigenvalue weighted by Gasteiger charge is 2.49. The van der Waals surface area contributed by atoms with E-state index in [0.717, 1.165) is 19.4 Å². The number of anilines is 1. The maximum Gasteiger partial charge on any atom is 0.319 e. The molecule has 3 aliphatic heterocycles. The van der Waals surface area contributed by atoms with E-state index in [4.69, 9.17) is 21.3 Å². The smallest absolute Gasteiger partial charge is 0.319 e. The average Bonchev–Trinajstić information content (AvgIpc) is 3.70. The molecule has 54 heavy (non-hydrogen) atoms. The number of ether oxygens (including phenoxy) is 1. The summed E-state index contributed by atoms with van der Waals surface area (Å²) in [6.07, 6.45) is 7.17. The lowest BCUT2D eigenvalue weighted by molar-refractivity contribution is -0.128. The molecule has 3 saturated heterocycles. The highest BCUT2D eigenvalue weighted by atomic mass is 35.5. The molecule has 0 bridgehead atoms. The van der Waals surface area contributed by atoms with E-state index in [1.807, 2.05) is 4.90 Å². The van der Waals surface area contributed by atoms with Gasteiger partial charge in [0.25, 0.3) is 0 Å². The Morgan fingerprint density at radius 1 is 1.11 bits per heavy atom. The molecule has 0 unspecified atom stereocenters. The number of fused-ring (bicyclic) bond motifs is 3. The van der Waals surface area contributed by atoms with Crippen molar-refractivity contribution >= 4 is 51.1 Å². The van der Waals surface area contributed by atoms with Gasteiger partial charge in [0.05, 0.1) is 40.2 Å². The fraction of sp³-hybridized carbons (Fsp3) is 0.359. The first-order valence-electron chi connectivity index (χ1n) is 17.8. The van der Waals surface area contributed by atoms with E-state index in [2.05, 4.69) is 30.9 Å². The summed E-state index contributed by atoms with van der Waals surface area (Å²) in [6, 6.07) is 11.2. The Morgan fingerprint density at radius 3 is 2.81 bits per heavy atom. The maximum absolute atomic E-state index is 16.9. The number of benzene rings is 2. The van der Waals surface area contributed by atoms with Gasteiger partial charge in [-0.2, -0.15) is 15.2 Å². The summed E-state index contributed by atoms with van der Waals surface area (Å²) in [6.45, 7) is 3.72. The number of aryl methyl sites for hydroxylation is 1. The van der Waals surface area contributed by atoms with E-state index in [1.54, 1.807) is 54.4 Å². The molecule has 3 fully saturated rings. The number of nitriles is 1. The number of carbonyl (C=O) groups is 1. The van der Waals surface area contributed by atoms with Crippen molar-refractivity contribution in [3.05, 3.63) is 83.0 Å². The van der Waals surface area contributed by atoms with Crippen LogP contribution in [0.25, 0.3) is 39.0 Å². The van der Waals surface area contributed by atoms with Crippen molar-refractivity contribution in [2.75, 3.05) is 44.2 Å². The van der Waals surface area contributed by atoms with Crippen molar-refractivity contribution in [3.8, 4) is 23.3 Å². The van der Waals surface area contributed by atoms with E-state index in [0.29, 0.717) is 47.6 Å². The minimum atomic E-state index is -0.971. The monoisotopic (exact) mass is 753 g/mol. The van der Waals surface area contributed by atoms with Crippen LogP contribution in [0.2, 0.25) is 5.02 Å². The lowest BCUT2D eigenvalue weighted by Crippen LogP contribution is -2.55. The summed E-state index contributed by atoms with van der Waals surface area (Å²) >= 11 is 6.42. The van der Waals surface area contributed by atoms with Gasteiger partial charge in [-0.1, -0.05) is 35.9 Å². The van der Waals surface area contributed by atoms with E-state index in [1.165, 1.54) is 18.3 Å². The normalized spacial score (nSPS) is 21.6. The summed E-state index contributed by atoms with van der Waals surface area (Å²) in [5.74, 6) is -0.832. The fourth-order valence-corrected chi connectivity index (χ4v) is 8.38. The van der Waals surface area contributed by atoms with Crippen LogP contribution in [0, 0.1) is 29.9 Å². The van der Waals surface area contributed by atoms with Crippen LogP contribution in [0.3, 0.4) is 0 Å². The third-order valence-corrected chi connectivity index (χ3v) is 11.0. The molecule has 0 spiro atoms. The lowest BCUT2D eigenvalue weighted by atomic mass is 9.95. The van der Waals surface area contributed by atoms with Gasteiger partial charge in [-0.05, 0) is 49.9 Å². The summed E-state index contributed by atoms with van der Waals surface area (Å²) in [5.41, 5.74) is 0.183. The van der Waals surface area contributed by atoms with Gasteiger partial charge in [-0.3, -0.25) is 14.7 Å². The Kier molecular flexibility index (Phi) is 9.53. The van der Waals surface area contributed by atoms with Gasteiger partial charge < -0.3 is 14.5 Å². The van der Waals surface area contributed by atoms with Gasteiger partial charge in [-0.25, -0.2) is 23.1 Å². The second-order valence-electron chi connectivity index (χ2n) is 14.0. The zero-order valence-corrected chi connectivity index (χ0v) is 30.1. The molecule has 8 rings (SSSR count). The molecular weight excluding hydrogens is 719 g/mol. The molecule has 276 valence electrons. The van der Waals surface area contributed by atoms with E-state index in [9.17, 15) is 18.8 Å². The van der Waals surface area contributed by atoms with Gasteiger partial charge in [0, 0.05) is 62.0 Å². The number of rotatable bonds is 8. The van der Waals surface area contributed by atoms with E-state index in [-0.39, 0.29) is 65.2 Å². The first-order valence-corrected chi connectivity index (χ1v) is 18.2. The van der Waals surface area contributed by atoms with Crippen molar-refractivity contribution in [1.29, 1.82) is 5.26 Å². The zero-order valence-electron chi connectivity index (χ0n) is 29.4. The number of aromatic nitrogens is 5. The van der Waals surface area contributed by atoms with Crippen LogP contribution in [0.4, 0.5) is 19.0 Å². The van der Waals surface area contributed by atoms with Crippen LogP contribution < -0.4 is 9.64 Å². The molecule has 0 aliphatic carbocycles. The molecular formula is C39H35ClF3N9O2. The minimum Gasteiger partial charge on any atom is -0.461 e. The molecule has 0 radical (unpaired) electrons. The van der Waals surface area contributed by atoms with E-state index < -0.39 is 29.4 Å². The van der Waals surface area contributed by atoms with E-state index >= 15 is 4.39 Å². The third-order valence-electron chi connectivity index (χ3n) is 10.7. The van der Waals surface area contributed by atoms with Crippen molar-refractivity contribution < 1.29 is 22.7 Å². The molecule has 0 saturated carbocycles. The third kappa shape index (κ3) is 6.56. The summed E-state index contributed by atoms with van der Waals surface area (Å²) in [5, 5.41) is 10.8. The fourth-order valence-electron chi connectivity index (χ4n) is 8.11. The second kappa shape index (κ2) is 14.4. The number of nitrogens with zero attached hydrogens (tertiary/aromatic N) is 9. The minimum absolute atomic E-state index is 0.0347. The summed E-state index contributed by atoms with van der Waals surface area (Å²) in [4.78, 5) is 41.3. The van der Waals surface area contributed by atoms with Crippen molar-refractivity contribution in [2.24, 2.45) is 0 Å². The Balaban J connectivity index is 1.17. The second-order valence-corrected chi connectivity index (χ2v) is 14.4. The quantitative estimate of drug-likeness (QED) is 0.163. The van der Waals surface area contributed by atoms with Gasteiger partial charge in [0.15, 0.2) is 5.82 Å². The molecule has 3 atom stereocenters. The number of amides is 1. The number of carbonyl (C=O) groups excluding carboxylic acids is 1. The summed E-state index contributed by atoms with van der Waals surface area (Å²) < 4.78 is 52.5. The number of pyridine rings is 1. The van der Waals surface area contributed by atoms with Crippen LogP contribution in [-0.4, -0.2) is 97.7 Å². The predicted molar refractivity (Wildman–Crippen MR) is 197 cm³/mol. The number of alkyl halides is 1. The Morgan fingerprint density at radius 2 is 1.98 bits per heavy atom. The van der Waals surface area contributed by atoms with Crippen LogP contribution >= 0.6 is 11.6 Å². The molecule has 11 nitrogen and oxygen atoms in total. The Bertz CT molecular complexity index is 2360. The van der Waals surface area contributed by atoms with Crippen molar-refractivity contribution in [1.82, 2.24) is 34.7 Å². The Labute approximate surface area is 314 Å². The average molecular weight is 754 g/mol. The predicted octanol–water partition coefficient (Wildman–Crippen LogP) is 6.47. The highest BCUT2D eigenvalue weighted by molar-refractivity contribution is 6.36. The van der Waals surface area contributed by atoms with Crippen LogP contribution in [-0.2, 0) is 4.79 Å². The maximum atomic E-state index is 16.9. The molecule has 5 aromatic rings. The molecule has 6 heterocycles. The van der Waals surface area contributed by atoms with Crippen LogP contribution in [0.15, 0.2) is 54.9 Å². The first-order chi connectivity index (χ1) is 26.1. The SMILES string of the molecule is Cc1nccc(/C=C/C(=O)N2CCN(c3nc(OC[C@@]45CCCN4C[C@H](F)C5)nc4c(F)c(-c5cccc6ccc(F)c(Cl)c56)ncc34)C[C@@H]2CC#N)n1. The van der Waals surface area contributed by atoms with Gasteiger partial charge in [0.1, 0.15) is 41.4 Å². The summed E-state index contributed by atoms with van der Waals surface area (Å²) in [7, 11) is 0. The standard InChI is InChI=1S/C39H35ClF3N9O2/c1-23-45-14-11-26(47-23)7-9-31(53)52-17-16-50(21-27(52)10-13-44)37-29-19-46-35(28-5-2-4-24-6-8-30(42)33(40)32(24)28)34(43)36(29)48-38(49-37)54-22-39-12-3-15-51(39)20-25(41)18-39/h2,4-9,11,14,19,25,27H,3,10,12,15-18,20-22H2,1H3/b9-7+/t25-,27+,39+/m1/s1. The molecule has 3 aromatic heterocycles. The number of hydrogen-bond donors (Lipinski definition) is 0. The lowest BCUT2D eigenvalue weighted by Gasteiger charge is -2.41. The van der Waals surface area contributed by atoms with Crippen molar-refractivity contribution in [2.45, 2.75) is 50.4 Å². The van der Waals surface area contributed by atoms with Crippen LogP contribution in [0.1, 0.15) is 37.2 Å². The molecule has 15 heteroatoms.